The van der Waals surface area contributed by atoms with Gasteiger partial charge in [-0.1, -0.05) is 226 Å². The minimum absolute atomic E-state index is 0.108. The number of phosphoric ester groups is 2. The van der Waals surface area contributed by atoms with Gasteiger partial charge in [-0.25, -0.2) is 9.13 Å². The van der Waals surface area contributed by atoms with E-state index in [1.165, 1.54) is 148 Å². The topological polar surface area (TPSA) is 422 Å². The number of hydrogen-bond acceptors (Lipinski definition) is 22. The van der Waals surface area contributed by atoms with Gasteiger partial charge in [-0.3, -0.25) is 22.9 Å². The number of ether oxygens (including phenoxy) is 2. The summed E-state index contributed by atoms with van der Waals surface area (Å²) in [6.07, 6.45) is 1.00. The molecule has 1 saturated heterocycles. The molecule has 0 aromatic heterocycles. The van der Waals surface area contributed by atoms with Crippen molar-refractivity contribution in [3.63, 3.8) is 0 Å². The number of nitrogens with one attached hydrogen (secondary N) is 1. The van der Waals surface area contributed by atoms with E-state index in [0.717, 1.165) is 57.8 Å². The molecule has 2 saturated carbocycles. The van der Waals surface area contributed by atoms with Gasteiger partial charge in [0.25, 0.3) is 0 Å². The number of amides is 1. The van der Waals surface area contributed by atoms with E-state index < -0.39 is 151 Å². The summed E-state index contributed by atoms with van der Waals surface area (Å²) in [5.41, 5.74) is 0. The molecule has 27 heteroatoms. The predicted octanol–water partition coefficient (Wildman–Crippen LogP) is 5.39. The molecule has 1 heterocycles. The standard InChI is InChI=1S/C60H117NO24P2/c1-3-5-7-9-11-13-15-17-18-19-20-21-22-23-24-26-28-30-32-34-36-38-44(63)61-41(42(62)37-35-33-31-29-27-25-16-14-12-10-8-6-4-2)39-80-86(76,77)85-59-55(74)51(70)50(69)54(73)58(59)83-60-56(75)46(65)45(64)43(82-60)40-81-87(78,79)84-57-52(71)48(67)47(66)49(68)53(57)72/h41-43,45-60,62,64-75H,3-40H2,1-2H3,(H,61,63)(H,76,77)(H,78,79)/t41-,42+,43+,45+,46?,47?,48+,49?,50?,51?,52?,53?,54+,55?,56?,57?,58?,59-,60+/m0/s1. The third-order valence-electron chi connectivity index (χ3n) is 17.3. The summed E-state index contributed by atoms with van der Waals surface area (Å²) < 4.78 is 58.0. The summed E-state index contributed by atoms with van der Waals surface area (Å²) in [5.74, 6) is -0.436. The van der Waals surface area contributed by atoms with Crippen LogP contribution in [-0.2, 0) is 41.5 Å². The van der Waals surface area contributed by atoms with Crippen molar-refractivity contribution in [1.29, 1.82) is 0 Å². The van der Waals surface area contributed by atoms with Crippen LogP contribution >= 0.6 is 15.6 Å². The first kappa shape index (κ1) is 80.3. The lowest BCUT2D eigenvalue weighted by atomic mass is 9.84. The molecule has 3 fully saturated rings. The third kappa shape index (κ3) is 30.4. The maximum absolute atomic E-state index is 13.8. The molecule has 25 nitrogen and oxygen atoms in total. The van der Waals surface area contributed by atoms with E-state index in [-0.39, 0.29) is 12.8 Å². The monoisotopic (exact) mass is 1300 g/mol. The van der Waals surface area contributed by atoms with E-state index in [1.807, 2.05) is 0 Å². The van der Waals surface area contributed by atoms with Gasteiger partial charge in [0.2, 0.25) is 5.91 Å². The van der Waals surface area contributed by atoms with Crippen LogP contribution in [-0.4, -0.2) is 211 Å². The number of rotatable bonds is 50. The average molecular weight is 1300 g/mol. The van der Waals surface area contributed by atoms with Crippen molar-refractivity contribution < 1.29 is 118 Å². The van der Waals surface area contributed by atoms with Crippen molar-refractivity contribution >= 4 is 21.6 Å². The van der Waals surface area contributed by atoms with Crippen LogP contribution in [0.3, 0.4) is 0 Å². The highest BCUT2D eigenvalue weighted by Crippen LogP contribution is 2.49. The molecule has 0 spiro atoms. The van der Waals surface area contributed by atoms with Crippen molar-refractivity contribution in [2.24, 2.45) is 0 Å². The predicted molar refractivity (Wildman–Crippen MR) is 322 cm³/mol. The molecule has 13 unspecified atom stereocenters. The lowest BCUT2D eigenvalue weighted by Crippen LogP contribution is -2.67. The average Bonchev–Trinajstić information content (AvgIpc) is 1.24. The fourth-order valence-electron chi connectivity index (χ4n) is 11.6. The molecule has 0 radical (unpaired) electrons. The highest BCUT2D eigenvalue weighted by Gasteiger charge is 2.56. The number of aliphatic hydroxyl groups excluding tert-OH is 13. The lowest BCUT2D eigenvalue weighted by molar-refractivity contribution is -0.337. The summed E-state index contributed by atoms with van der Waals surface area (Å²) >= 11 is 0. The summed E-state index contributed by atoms with van der Waals surface area (Å²) in [7, 11) is -11.0. The van der Waals surface area contributed by atoms with Crippen LogP contribution in [0.4, 0.5) is 0 Å². The van der Waals surface area contributed by atoms with Gasteiger partial charge < -0.3 is 91.0 Å². The maximum Gasteiger partial charge on any atom is 0.472 e. The minimum atomic E-state index is -5.51. The fraction of sp³-hybridized carbons (Fsp3) is 0.983. The van der Waals surface area contributed by atoms with E-state index in [2.05, 4.69) is 19.2 Å². The van der Waals surface area contributed by atoms with E-state index in [0.29, 0.717) is 12.8 Å². The van der Waals surface area contributed by atoms with Gasteiger partial charge in [0.05, 0.1) is 25.4 Å². The van der Waals surface area contributed by atoms with Gasteiger partial charge in [0, 0.05) is 6.42 Å². The highest BCUT2D eigenvalue weighted by atomic mass is 31.2. The Labute approximate surface area is 517 Å². The molecule has 1 aliphatic heterocycles. The molecule has 16 N–H and O–H groups in total. The number of aliphatic hydroxyl groups is 13. The molecule has 516 valence electrons. The number of carbonyl (C=O) groups is 1. The first-order chi connectivity index (χ1) is 41.5. The maximum atomic E-state index is 13.8. The minimum Gasteiger partial charge on any atom is -0.391 e. The molecule has 3 rings (SSSR count). The van der Waals surface area contributed by atoms with E-state index in [9.17, 15) is 90.1 Å². The Morgan fingerprint density at radius 3 is 1.15 bits per heavy atom. The van der Waals surface area contributed by atoms with Gasteiger partial charge in [-0.2, -0.15) is 0 Å². The van der Waals surface area contributed by atoms with Crippen LogP contribution < -0.4 is 5.32 Å². The van der Waals surface area contributed by atoms with Crippen LogP contribution in [0.1, 0.15) is 245 Å². The summed E-state index contributed by atoms with van der Waals surface area (Å²) in [5, 5.41) is 140. The Morgan fingerprint density at radius 1 is 0.414 bits per heavy atom. The van der Waals surface area contributed by atoms with Gasteiger partial charge in [0.1, 0.15) is 97.7 Å². The van der Waals surface area contributed by atoms with Gasteiger partial charge in [-0.05, 0) is 12.8 Å². The van der Waals surface area contributed by atoms with Crippen molar-refractivity contribution in [3.05, 3.63) is 0 Å². The molecule has 0 aromatic carbocycles. The number of unbranched alkanes of at least 4 members (excludes halogenated alkanes) is 32. The van der Waals surface area contributed by atoms with E-state index >= 15 is 0 Å². The van der Waals surface area contributed by atoms with Crippen LogP contribution in [0.2, 0.25) is 0 Å². The molecular formula is C60H117NO24P2. The molecule has 3 aliphatic rings. The smallest absolute Gasteiger partial charge is 0.391 e. The lowest BCUT2D eigenvalue weighted by Gasteiger charge is -2.47. The summed E-state index contributed by atoms with van der Waals surface area (Å²) in [6, 6.07) is -1.24. The highest BCUT2D eigenvalue weighted by molar-refractivity contribution is 7.47. The Kier molecular flexibility index (Phi) is 41.2. The van der Waals surface area contributed by atoms with Crippen molar-refractivity contribution in [2.45, 2.75) is 361 Å². The third-order valence-corrected chi connectivity index (χ3v) is 19.3. The molecule has 1 amide bonds. The van der Waals surface area contributed by atoms with Crippen molar-refractivity contribution in [2.75, 3.05) is 13.2 Å². The number of hydrogen-bond donors (Lipinski definition) is 16. The van der Waals surface area contributed by atoms with Crippen LogP contribution in [0.15, 0.2) is 0 Å². The normalized spacial score (nSPS) is 31.7. The van der Waals surface area contributed by atoms with Crippen LogP contribution in [0.5, 0.6) is 0 Å². The fourth-order valence-corrected chi connectivity index (χ4v) is 13.5. The molecule has 0 aromatic rings. The van der Waals surface area contributed by atoms with Gasteiger partial charge >= 0.3 is 15.6 Å². The quantitative estimate of drug-likeness (QED) is 0.0268. The summed E-state index contributed by atoms with van der Waals surface area (Å²) in [4.78, 5) is 34.9. The Balaban J connectivity index is 1.56. The van der Waals surface area contributed by atoms with E-state index in [1.54, 1.807) is 0 Å². The number of carbonyl (C=O) groups excluding carboxylic acids is 1. The second kappa shape index (κ2) is 44.6. The molecule has 21 atom stereocenters. The Hall–Kier alpha value is -0.910. The second-order valence-electron chi connectivity index (χ2n) is 24.8. The largest absolute Gasteiger partial charge is 0.472 e. The molecular weight excluding hydrogens is 1180 g/mol. The van der Waals surface area contributed by atoms with Crippen LogP contribution in [0.25, 0.3) is 0 Å². The van der Waals surface area contributed by atoms with Gasteiger partial charge in [0.15, 0.2) is 6.29 Å². The zero-order valence-corrected chi connectivity index (χ0v) is 53.9. The second-order valence-corrected chi connectivity index (χ2v) is 27.6. The zero-order chi connectivity index (χ0) is 64.4. The van der Waals surface area contributed by atoms with Crippen LogP contribution in [0, 0.1) is 0 Å². The molecule has 87 heavy (non-hydrogen) atoms. The first-order valence-electron chi connectivity index (χ1n) is 33.2. The van der Waals surface area contributed by atoms with Crippen molar-refractivity contribution in [1.82, 2.24) is 5.32 Å². The Bertz CT molecular complexity index is 1850. The summed E-state index contributed by atoms with van der Waals surface area (Å²) in [6.45, 7) is 2.41. The van der Waals surface area contributed by atoms with Gasteiger partial charge in [-0.15, -0.1) is 0 Å². The SMILES string of the molecule is CCCCCCCCCCCCCCCCCCCCCCCC(=O)N[C@@H](COP(=O)(O)O[C@H]1C(O)C(O)C(O)[C@@H](O)C1O[C@H]1O[C@H](COP(=O)(O)OC2C(O)C(O)C(O)[C@@H](O)C2O)[C@@H](O)C(O)C1O)[C@H](O)CCCCCCCCCCCCCCC. The Morgan fingerprint density at radius 2 is 0.736 bits per heavy atom. The zero-order valence-electron chi connectivity index (χ0n) is 52.1. The molecule has 0 bridgehead atoms. The number of phosphoric acid groups is 2. The van der Waals surface area contributed by atoms with E-state index in [4.69, 9.17) is 27.6 Å². The van der Waals surface area contributed by atoms with Crippen molar-refractivity contribution in [3.8, 4) is 0 Å². The first-order valence-corrected chi connectivity index (χ1v) is 36.2. The molecule has 2 aliphatic carbocycles.